The van der Waals surface area contributed by atoms with Gasteiger partial charge in [-0.2, -0.15) is 5.26 Å². The highest BCUT2D eigenvalue weighted by atomic mass is 16.2. The molecule has 1 heterocycles. The van der Waals surface area contributed by atoms with Gasteiger partial charge < -0.3 is 9.80 Å². The SMILES string of the molecule is CC(=O)N1CCN(C(=O)c2ccc(CC#N)cc2)CC1. The second-order valence-corrected chi connectivity index (χ2v) is 4.83. The molecule has 0 spiro atoms. The van der Waals surface area contributed by atoms with E-state index in [0.29, 0.717) is 38.2 Å². The largest absolute Gasteiger partial charge is 0.339 e. The molecule has 0 atom stereocenters. The Kier molecular flexibility index (Phi) is 4.36. The van der Waals surface area contributed by atoms with Crippen molar-refractivity contribution in [1.82, 2.24) is 9.80 Å². The molecule has 0 aliphatic carbocycles. The van der Waals surface area contributed by atoms with Gasteiger partial charge in [0.05, 0.1) is 12.5 Å². The number of hydrogen-bond donors (Lipinski definition) is 0. The minimum absolute atomic E-state index is 0.0169. The number of amides is 2. The van der Waals surface area contributed by atoms with Crippen LogP contribution in [0, 0.1) is 11.3 Å². The fraction of sp³-hybridized carbons (Fsp3) is 0.400. The summed E-state index contributed by atoms with van der Waals surface area (Å²) in [6.07, 6.45) is 0.353. The van der Waals surface area contributed by atoms with Crippen LogP contribution in [0.4, 0.5) is 0 Å². The first kappa shape index (κ1) is 14.1. The fourth-order valence-electron chi connectivity index (χ4n) is 2.26. The van der Waals surface area contributed by atoms with E-state index in [1.54, 1.807) is 28.9 Å². The third kappa shape index (κ3) is 3.15. The lowest BCUT2D eigenvalue weighted by molar-refractivity contribution is -0.130. The quantitative estimate of drug-likeness (QED) is 0.808. The van der Waals surface area contributed by atoms with E-state index in [0.717, 1.165) is 5.56 Å². The van der Waals surface area contributed by atoms with Crippen LogP contribution in [0.1, 0.15) is 22.8 Å². The zero-order chi connectivity index (χ0) is 14.5. The van der Waals surface area contributed by atoms with Gasteiger partial charge in [-0.3, -0.25) is 9.59 Å². The molecular formula is C15H17N3O2. The second kappa shape index (κ2) is 6.20. The Morgan fingerprint density at radius 1 is 1.10 bits per heavy atom. The van der Waals surface area contributed by atoms with Gasteiger partial charge in [0.15, 0.2) is 0 Å². The zero-order valence-corrected chi connectivity index (χ0v) is 11.5. The second-order valence-electron chi connectivity index (χ2n) is 4.83. The molecule has 1 aromatic rings. The Balaban J connectivity index is 1.98. The Labute approximate surface area is 118 Å². The van der Waals surface area contributed by atoms with Crippen molar-refractivity contribution in [1.29, 1.82) is 5.26 Å². The lowest BCUT2D eigenvalue weighted by Crippen LogP contribution is -2.50. The van der Waals surface area contributed by atoms with Gasteiger partial charge >= 0.3 is 0 Å². The van der Waals surface area contributed by atoms with E-state index >= 15 is 0 Å². The standard InChI is InChI=1S/C15H17N3O2/c1-12(19)17-8-10-18(11-9-17)15(20)14-4-2-13(3-5-14)6-7-16/h2-5H,6,8-11H2,1H3. The number of nitrogens with zero attached hydrogens (tertiary/aromatic N) is 3. The molecule has 1 fully saturated rings. The summed E-state index contributed by atoms with van der Waals surface area (Å²) in [4.78, 5) is 27.1. The summed E-state index contributed by atoms with van der Waals surface area (Å²) in [6, 6.07) is 9.21. The van der Waals surface area contributed by atoms with Crippen LogP contribution >= 0.6 is 0 Å². The molecule has 20 heavy (non-hydrogen) atoms. The molecule has 1 aromatic carbocycles. The minimum Gasteiger partial charge on any atom is -0.339 e. The maximum atomic E-state index is 12.3. The number of hydrogen-bond acceptors (Lipinski definition) is 3. The van der Waals surface area contributed by atoms with Gasteiger partial charge in [-0.05, 0) is 17.7 Å². The van der Waals surface area contributed by atoms with Crippen molar-refractivity contribution in [2.45, 2.75) is 13.3 Å². The fourth-order valence-corrected chi connectivity index (χ4v) is 2.26. The molecule has 5 heteroatoms. The number of carbonyl (C=O) groups is 2. The van der Waals surface area contributed by atoms with Crippen LogP contribution in [-0.4, -0.2) is 47.8 Å². The predicted octanol–water partition coefficient (Wildman–Crippen LogP) is 1.06. The molecule has 5 nitrogen and oxygen atoms in total. The van der Waals surface area contributed by atoms with E-state index in [4.69, 9.17) is 5.26 Å². The molecule has 0 saturated carbocycles. The van der Waals surface area contributed by atoms with Gasteiger partial charge in [-0.25, -0.2) is 0 Å². The summed E-state index contributed by atoms with van der Waals surface area (Å²) in [5, 5.41) is 8.61. The third-order valence-corrected chi connectivity index (χ3v) is 3.50. The summed E-state index contributed by atoms with van der Waals surface area (Å²) < 4.78 is 0. The lowest BCUT2D eigenvalue weighted by Gasteiger charge is -2.34. The molecule has 0 radical (unpaired) electrons. The van der Waals surface area contributed by atoms with Crippen LogP contribution in [0.15, 0.2) is 24.3 Å². The number of carbonyl (C=O) groups excluding carboxylic acids is 2. The molecule has 1 aliphatic heterocycles. The van der Waals surface area contributed by atoms with Crippen molar-refractivity contribution in [3.05, 3.63) is 35.4 Å². The van der Waals surface area contributed by atoms with Crippen LogP contribution in [0.3, 0.4) is 0 Å². The number of rotatable bonds is 2. The lowest BCUT2D eigenvalue weighted by atomic mass is 10.1. The maximum absolute atomic E-state index is 12.3. The summed E-state index contributed by atoms with van der Waals surface area (Å²) in [6.45, 7) is 3.86. The number of piperazine rings is 1. The minimum atomic E-state index is -0.0169. The molecule has 2 rings (SSSR count). The van der Waals surface area contributed by atoms with Gasteiger partial charge in [-0.1, -0.05) is 12.1 Å². The van der Waals surface area contributed by atoms with Crippen molar-refractivity contribution in [3.63, 3.8) is 0 Å². The number of benzene rings is 1. The van der Waals surface area contributed by atoms with Crippen LogP contribution < -0.4 is 0 Å². The Morgan fingerprint density at radius 3 is 2.15 bits per heavy atom. The van der Waals surface area contributed by atoms with E-state index in [1.807, 2.05) is 12.1 Å². The van der Waals surface area contributed by atoms with Gasteiger partial charge in [-0.15, -0.1) is 0 Å². The number of nitriles is 1. The Morgan fingerprint density at radius 2 is 1.65 bits per heavy atom. The van der Waals surface area contributed by atoms with Crippen LogP contribution in [0.25, 0.3) is 0 Å². The van der Waals surface area contributed by atoms with Crippen molar-refractivity contribution < 1.29 is 9.59 Å². The van der Waals surface area contributed by atoms with Crippen LogP contribution in [0.5, 0.6) is 0 Å². The van der Waals surface area contributed by atoms with Crippen molar-refractivity contribution >= 4 is 11.8 Å². The van der Waals surface area contributed by atoms with Gasteiger partial charge in [0.1, 0.15) is 0 Å². The smallest absolute Gasteiger partial charge is 0.253 e. The monoisotopic (exact) mass is 271 g/mol. The van der Waals surface area contributed by atoms with E-state index in [1.165, 1.54) is 0 Å². The summed E-state index contributed by atoms with van der Waals surface area (Å²) >= 11 is 0. The third-order valence-electron chi connectivity index (χ3n) is 3.50. The highest BCUT2D eigenvalue weighted by Crippen LogP contribution is 2.11. The molecule has 0 unspecified atom stereocenters. The van der Waals surface area contributed by atoms with E-state index in [9.17, 15) is 9.59 Å². The van der Waals surface area contributed by atoms with Crippen LogP contribution in [0.2, 0.25) is 0 Å². The summed E-state index contributed by atoms with van der Waals surface area (Å²) in [7, 11) is 0. The normalized spacial score (nSPS) is 14.8. The highest BCUT2D eigenvalue weighted by Gasteiger charge is 2.22. The van der Waals surface area contributed by atoms with Gasteiger partial charge in [0.25, 0.3) is 5.91 Å². The van der Waals surface area contributed by atoms with Gasteiger partial charge in [0, 0.05) is 38.7 Å². The summed E-state index contributed by atoms with van der Waals surface area (Å²) in [5.74, 6) is 0.0367. The van der Waals surface area contributed by atoms with Crippen LogP contribution in [-0.2, 0) is 11.2 Å². The molecule has 0 N–H and O–H groups in total. The predicted molar refractivity (Wildman–Crippen MR) is 73.9 cm³/mol. The zero-order valence-electron chi connectivity index (χ0n) is 11.5. The first-order chi connectivity index (χ1) is 9.61. The Hall–Kier alpha value is -2.35. The molecule has 104 valence electrons. The van der Waals surface area contributed by atoms with Crippen molar-refractivity contribution in [2.24, 2.45) is 0 Å². The molecule has 1 aliphatic rings. The van der Waals surface area contributed by atoms with E-state index < -0.39 is 0 Å². The van der Waals surface area contributed by atoms with E-state index in [2.05, 4.69) is 6.07 Å². The molecule has 0 bridgehead atoms. The molecular weight excluding hydrogens is 254 g/mol. The maximum Gasteiger partial charge on any atom is 0.253 e. The molecule has 1 saturated heterocycles. The highest BCUT2D eigenvalue weighted by molar-refractivity contribution is 5.94. The average Bonchev–Trinajstić information content (AvgIpc) is 2.48. The molecule has 0 aromatic heterocycles. The topological polar surface area (TPSA) is 64.4 Å². The van der Waals surface area contributed by atoms with Crippen molar-refractivity contribution in [2.75, 3.05) is 26.2 Å². The summed E-state index contributed by atoms with van der Waals surface area (Å²) in [5.41, 5.74) is 1.54. The first-order valence-electron chi connectivity index (χ1n) is 6.62. The average molecular weight is 271 g/mol. The first-order valence-corrected chi connectivity index (χ1v) is 6.62. The van der Waals surface area contributed by atoms with E-state index in [-0.39, 0.29) is 11.8 Å². The Bertz CT molecular complexity index is 537. The van der Waals surface area contributed by atoms with Crippen molar-refractivity contribution in [3.8, 4) is 6.07 Å². The molecule has 2 amide bonds. The van der Waals surface area contributed by atoms with Gasteiger partial charge in [0.2, 0.25) is 5.91 Å².